The van der Waals surface area contributed by atoms with Crippen LogP contribution in [0.4, 0.5) is 0 Å². The smallest absolute Gasteiger partial charge is 0.217 e. The lowest BCUT2D eigenvalue weighted by Gasteiger charge is -2.43. The Hall–Kier alpha value is -1.55. The van der Waals surface area contributed by atoms with E-state index in [0.717, 1.165) is 32.5 Å². The van der Waals surface area contributed by atoms with Crippen LogP contribution < -0.4 is 5.32 Å². The molecule has 0 bridgehead atoms. The van der Waals surface area contributed by atoms with Crippen LogP contribution in [0.3, 0.4) is 0 Å². The molecule has 4 rings (SSSR count). The van der Waals surface area contributed by atoms with Crippen LogP contribution in [0.1, 0.15) is 43.2 Å². The fourth-order valence-corrected chi connectivity index (χ4v) is 4.94. The van der Waals surface area contributed by atoms with Crippen molar-refractivity contribution >= 4 is 29.1 Å². The molecule has 2 aromatic carbocycles. The maximum atomic E-state index is 11.9. The Kier molecular flexibility index (Phi) is 5.69. The van der Waals surface area contributed by atoms with E-state index in [1.807, 2.05) is 18.2 Å². The summed E-state index contributed by atoms with van der Waals surface area (Å²) in [6, 6.07) is 16.4. The van der Waals surface area contributed by atoms with E-state index in [2.05, 4.69) is 40.5 Å². The second-order valence-corrected chi connectivity index (χ2v) is 9.02. The summed E-state index contributed by atoms with van der Waals surface area (Å²) in [7, 11) is 0. The normalized spacial score (nSPS) is 24.0. The van der Waals surface area contributed by atoms with E-state index >= 15 is 0 Å². The van der Waals surface area contributed by atoms with Crippen LogP contribution in [0.25, 0.3) is 0 Å². The second-order valence-electron chi connectivity index (χ2n) is 8.21. The van der Waals surface area contributed by atoms with Gasteiger partial charge in [0.15, 0.2) is 0 Å². The molecule has 1 aliphatic heterocycles. The van der Waals surface area contributed by atoms with E-state index in [1.165, 1.54) is 17.5 Å². The van der Waals surface area contributed by atoms with Gasteiger partial charge in [-0.25, -0.2) is 0 Å². The lowest BCUT2D eigenvalue weighted by atomic mass is 9.80. The highest BCUT2D eigenvalue weighted by Gasteiger charge is 2.42. The first-order valence-corrected chi connectivity index (χ1v) is 10.7. The maximum Gasteiger partial charge on any atom is 0.217 e. The first kappa shape index (κ1) is 19.8. The molecule has 148 valence electrons. The van der Waals surface area contributed by atoms with Gasteiger partial charge in [0.05, 0.1) is 15.6 Å². The molecule has 28 heavy (non-hydrogen) atoms. The van der Waals surface area contributed by atoms with Crippen molar-refractivity contribution in [2.24, 2.45) is 5.92 Å². The van der Waals surface area contributed by atoms with Gasteiger partial charge in [-0.2, -0.15) is 0 Å². The van der Waals surface area contributed by atoms with Crippen LogP contribution in [0.2, 0.25) is 10.0 Å². The van der Waals surface area contributed by atoms with E-state index in [4.69, 9.17) is 23.2 Å². The molecule has 1 heterocycles. The first-order valence-electron chi connectivity index (χ1n) is 9.98. The molecule has 1 amide bonds. The highest BCUT2D eigenvalue weighted by molar-refractivity contribution is 6.42. The van der Waals surface area contributed by atoms with Crippen molar-refractivity contribution in [2.75, 3.05) is 19.6 Å². The van der Waals surface area contributed by atoms with Gasteiger partial charge in [-0.15, -0.1) is 0 Å². The molecule has 1 saturated carbocycles. The second kappa shape index (κ2) is 8.06. The summed E-state index contributed by atoms with van der Waals surface area (Å²) in [5, 5.41) is 4.52. The molecular formula is C23H26Cl2N2O. The van der Waals surface area contributed by atoms with Crippen LogP contribution in [0.5, 0.6) is 0 Å². The van der Waals surface area contributed by atoms with Gasteiger partial charge in [0, 0.05) is 26.6 Å². The number of carbonyl (C=O) groups is 1. The van der Waals surface area contributed by atoms with Crippen molar-refractivity contribution in [3.05, 3.63) is 69.7 Å². The molecule has 2 atom stereocenters. The molecule has 0 unspecified atom stereocenters. The highest BCUT2D eigenvalue weighted by atomic mass is 35.5. The number of piperidine rings is 1. The maximum absolute atomic E-state index is 11.9. The molecule has 2 aliphatic rings. The quantitative estimate of drug-likeness (QED) is 0.723. The molecule has 0 spiro atoms. The summed E-state index contributed by atoms with van der Waals surface area (Å²) in [5.41, 5.74) is 2.27. The summed E-state index contributed by atoms with van der Waals surface area (Å²) in [5.74, 6) is 1.31. The minimum Gasteiger partial charge on any atom is -0.347 e. The van der Waals surface area contributed by atoms with Gasteiger partial charge in [-0.1, -0.05) is 59.6 Å². The molecule has 0 radical (unpaired) electrons. The lowest BCUT2D eigenvalue weighted by Crippen LogP contribution is -2.52. The summed E-state index contributed by atoms with van der Waals surface area (Å²) < 4.78 is 0. The van der Waals surface area contributed by atoms with Gasteiger partial charge < -0.3 is 10.2 Å². The molecule has 2 fully saturated rings. The molecule has 1 aliphatic carbocycles. The van der Waals surface area contributed by atoms with Crippen LogP contribution in [-0.4, -0.2) is 30.4 Å². The lowest BCUT2D eigenvalue weighted by molar-refractivity contribution is -0.121. The number of amides is 1. The van der Waals surface area contributed by atoms with Gasteiger partial charge in [0.25, 0.3) is 0 Å². The van der Waals surface area contributed by atoms with E-state index in [-0.39, 0.29) is 11.4 Å². The van der Waals surface area contributed by atoms with E-state index < -0.39 is 0 Å². The van der Waals surface area contributed by atoms with Crippen molar-refractivity contribution in [1.29, 1.82) is 0 Å². The highest BCUT2D eigenvalue weighted by Crippen LogP contribution is 2.49. The Morgan fingerprint density at radius 1 is 1.11 bits per heavy atom. The summed E-state index contributed by atoms with van der Waals surface area (Å²) in [6.07, 6.45) is 3.10. The number of likely N-dealkylation sites (tertiary alicyclic amines) is 1. The number of hydrogen-bond acceptors (Lipinski definition) is 2. The minimum atomic E-state index is -0.240. The largest absolute Gasteiger partial charge is 0.347 e. The van der Waals surface area contributed by atoms with Gasteiger partial charge in [-0.3, -0.25) is 4.79 Å². The van der Waals surface area contributed by atoms with E-state index in [1.54, 1.807) is 6.92 Å². The number of rotatable bonds is 5. The van der Waals surface area contributed by atoms with Gasteiger partial charge >= 0.3 is 0 Å². The zero-order chi connectivity index (χ0) is 19.7. The molecule has 3 nitrogen and oxygen atoms in total. The number of carbonyl (C=O) groups excluding carboxylic acids is 1. The zero-order valence-corrected chi connectivity index (χ0v) is 17.6. The fourth-order valence-electron chi connectivity index (χ4n) is 4.63. The number of benzene rings is 2. The predicted molar refractivity (Wildman–Crippen MR) is 115 cm³/mol. The Morgan fingerprint density at radius 3 is 2.46 bits per heavy atom. The molecule has 1 saturated heterocycles. The van der Waals surface area contributed by atoms with E-state index in [9.17, 15) is 4.79 Å². The SMILES string of the molecule is CC(=O)NC1(c2ccccc2)CCN(C[C@@H]2C[C@@H]2c2ccc(Cl)c(Cl)c2)CC1. The average molecular weight is 417 g/mol. The van der Waals surface area contributed by atoms with Crippen molar-refractivity contribution < 1.29 is 4.79 Å². The summed E-state index contributed by atoms with van der Waals surface area (Å²) >= 11 is 12.2. The first-order chi connectivity index (χ1) is 13.5. The minimum absolute atomic E-state index is 0.0409. The third-order valence-corrected chi connectivity index (χ3v) is 6.98. The van der Waals surface area contributed by atoms with Crippen molar-refractivity contribution in [3.8, 4) is 0 Å². The Balaban J connectivity index is 1.37. The number of halogens is 2. The molecule has 0 aromatic heterocycles. The molecule has 5 heteroatoms. The van der Waals surface area contributed by atoms with Crippen LogP contribution in [0, 0.1) is 5.92 Å². The third kappa shape index (κ3) is 4.22. The Labute approximate surface area is 177 Å². The monoisotopic (exact) mass is 416 g/mol. The molecule has 2 aromatic rings. The topological polar surface area (TPSA) is 32.3 Å². The van der Waals surface area contributed by atoms with Crippen molar-refractivity contribution in [1.82, 2.24) is 10.2 Å². The average Bonchev–Trinajstić information content (AvgIpc) is 3.45. The van der Waals surface area contributed by atoms with Crippen LogP contribution in [0.15, 0.2) is 48.5 Å². The fraction of sp³-hybridized carbons (Fsp3) is 0.435. The standard InChI is InChI=1S/C23H26Cl2N2O/c1-16(28)26-23(19-5-3-2-4-6-19)9-11-27(12-10-23)15-18-13-20(18)17-7-8-21(24)22(25)14-17/h2-8,14,18,20H,9-13,15H2,1H3,(H,26,28)/t18-,20+/m0/s1. The predicted octanol–water partition coefficient (Wildman–Crippen LogP) is 5.22. The Morgan fingerprint density at radius 2 is 1.82 bits per heavy atom. The van der Waals surface area contributed by atoms with Gasteiger partial charge in [0.1, 0.15) is 0 Å². The molecule has 1 N–H and O–H groups in total. The number of nitrogens with zero attached hydrogens (tertiary/aromatic N) is 1. The van der Waals surface area contributed by atoms with Crippen molar-refractivity contribution in [3.63, 3.8) is 0 Å². The van der Waals surface area contributed by atoms with Crippen LogP contribution in [-0.2, 0) is 10.3 Å². The Bertz CT molecular complexity index is 847. The number of hydrogen-bond donors (Lipinski definition) is 1. The van der Waals surface area contributed by atoms with Gasteiger partial charge in [-0.05, 0) is 54.4 Å². The van der Waals surface area contributed by atoms with Crippen LogP contribution >= 0.6 is 23.2 Å². The third-order valence-electron chi connectivity index (χ3n) is 6.24. The summed E-state index contributed by atoms with van der Waals surface area (Å²) in [4.78, 5) is 14.4. The van der Waals surface area contributed by atoms with E-state index in [0.29, 0.717) is 21.9 Å². The zero-order valence-electron chi connectivity index (χ0n) is 16.1. The van der Waals surface area contributed by atoms with Crippen molar-refractivity contribution in [2.45, 2.75) is 37.6 Å². The number of nitrogens with one attached hydrogen (secondary N) is 1. The van der Waals surface area contributed by atoms with Gasteiger partial charge in [0.2, 0.25) is 5.91 Å². The molecular weight excluding hydrogens is 391 g/mol. The summed E-state index contributed by atoms with van der Waals surface area (Å²) in [6.45, 7) is 4.72.